The minimum absolute atomic E-state index is 0.0711. The summed E-state index contributed by atoms with van der Waals surface area (Å²) < 4.78 is 4.87. The second kappa shape index (κ2) is 6.43. The van der Waals surface area contributed by atoms with Crippen molar-refractivity contribution in [3.63, 3.8) is 0 Å². The molecule has 1 saturated carbocycles. The van der Waals surface area contributed by atoms with E-state index < -0.39 is 17.7 Å². The molecule has 1 unspecified atom stereocenters. The lowest BCUT2D eigenvalue weighted by Gasteiger charge is -2.52. The number of carbonyl (C=O) groups is 3. The first-order chi connectivity index (χ1) is 11.4. The average Bonchev–Trinajstić information content (AvgIpc) is 2.92. The third-order valence-corrected chi connectivity index (χ3v) is 4.86. The number of rotatable bonds is 5. The van der Waals surface area contributed by atoms with E-state index in [4.69, 9.17) is 16.1 Å². The number of carbonyl (C=O) groups excluding carboxylic acids is 2. The summed E-state index contributed by atoms with van der Waals surface area (Å²) in [6.45, 7) is 0. The van der Waals surface area contributed by atoms with Gasteiger partial charge >= 0.3 is 5.97 Å². The van der Waals surface area contributed by atoms with Crippen LogP contribution in [-0.2, 0) is 20.8 Å². The van der Waals surface area contributed by atoms with Crippen molar-refractivity contribution < 1.29 is 24.0 Å². The van der Waals surface area contributed by atoms with Gasteiger partial charge in [0.15, 0.2) is 5.15 Å². The Kier molecular flexibility index (Phi) is 4.49. The summed E-state index contributed by atoms with van der Waals surface area (Å²) in [4.78, 5) is 37.3. The lowest BCUT2D eigenvalue weighted by molar-refractivity contribution is -0.179. The van der Waals surface area contributed by atoms with Crippen molar-refractivity contribution in [2.24, 2.45) is 0 Å². The molecule has 3 rings (SSSR count). The van der Waals surface area contributed by atoms with E-state index >= 15 is 0 Å². The van der Waals surface area contributed by atoms with Crippen LogP contribution in [0.2, 0.25) is 5.15 Å². The topological polar surface area (TPSA) is 113 Å². The molecule has 1 aliphatic carbocycles. The molecule has 1 aromatic heterocycles. The smallest absolute Gasteiger partial charge is 0.329 e. The quantitative estimate of drug-likeness (QED) is 0.770. The van der Waals surface area contributed by atoms with Crippen molar-refractivity contribution >= 4 is 29.4 Å². The van der Waals surface area contributed by atoms with Crippen molar-refractivity contribution in [1.82, 2.24) is 15.4 Å². The molecular formula is C15H18ClN3O5. The Balaban J connectivity index is 1.68. The summed E-state index contributed by atoms with van der Waals surface area (Å²) in [6, 6.07) is 1.44. The van der Waals surface area contributed by atoms with Gasteiger partial charge in [-0.05, 0) is 12.8 Å². The molecule has 2 amide bonds. The Morgan fingerprint density at radius 3 is 2.67 bits per heavy atom. The molecular weight excluding hydrogens is 338 g/mol. The summed E-state index contributed by atoms with van der Waals surface area (Å²) in [5, 5.41) is 16.0. The fourth-order valence-corrected chi connectivity index (χ4v) is 3.69. The lowest BCUT2D eigenvalue weighted by Crippen LogP contribution is -2.72. The molecule has 0 bridgehead atoms. The molecule has 2 aliphatic rings. The van der Waals surface area contributed by atoms with E-state index in [1.54, 1.807) is 0 Å². The highest BCUT2D eigenvalue weighted by molar-refractivity contribution is 6.29. The first kappa shape index (κ1) is 16.8. The second-order valence-electron chi connectivity index (χ2n) is 6.24. The Morgan fingerprint density at radius 2 is 2.12 bits per heavy atom. The molecule has 1 aromatic rings. The fourth-order valence-electron chi connectivity index (χ4n) is 3.53. The summed E-state index contributed by atoms with van der Waals surface area (Å²) in [5.74, 6) is -1.31. The van der Waals surface area contributed by atoms with Gasteiger partial charge in [-0.15, -0.1) is 0 Å². The summed E-state index contributed by atoms with van der Waals surface area (Å²) in [5.41, 5.74) is -1.21. The number of aliphatic carboxylic acids is 1. The number of carboxylic acid groups (broad SMARTS) is 1. The molecule has 0 aromatic carbocycles. The molecule has 1 aliphatic heterocycles. The van der Waals surface area contributed by atoms with Crippen molar-refractivity contribution in [3.8, 4) is 0 Å². The van der Waals surface area contributed by atoms with Crippen LogP contribution >= 0.6 is 11.6 Å². The number of β-lactam (4-membered cyclic amide) rings is 1. The van der Waals surface area contributed by atoms with E-state index in [2.05, 4.69) is 10.5 Å². The number of nitrogens with zero attached hydrogens (tertiary/aromatic N) is 2. The van der Waals surface area contributed by atoms with Gasteiger partial charge in [-0.1, -0.05) is 36.0 Å². The van der Waals surface area contributed by atoms with E-state index in [1.165, 1.54) is 11.0 Å². The normalized spacial score (nSPS) is 22.8. The zero-order valence-electron chi connectivity index (χ0n) is 13.0. The van der Waals surface area contributed by atoms with Gasteiger partial charge in [0.25, 0.3) is 0 Å². The lowest BCUT2D eigenvalue weighted by atomic mass is 9.77. The minimum Gasteiger partial charge on any atom is -0.479 e. The Labute approximate surface area is 143 Å². The molecule has 2 fully saturated rings. The molecule has 2 heterocycles. The highest BCUT2D eigenvalue weighted by Gasteiger charge is 2.55. The number of halogens is 1. The summed E-state index contributed by atoms with van der Waals surface area (Å²) >= 11 is 5.63. The first-order valence-electron chi connectivity index (χ1n) is 7.88. The molecule has 1 atom stereocenters. The van der Waals surface area contributed by atoms with E-state index in [0.29, 0.717) is 18.6 Å². The maximum Gasteiger partial charge on any atom is 0.329 e. The van der Waals surface area contributed by atoms with Crippen molar-refractivity contribution in [2.75, 3.05) is 0 Å². The molecule has 24 heavy (non-hydrogen) atoms. The van der Waals surface area contributed by atoms with Gasteiger partial charge in [-0.2, -0.15) is 0 Å². The van der Waals surface area contributed by atoms with Crippen LogP contribution in [0.1, 0.15) is 44.3 Å². The molecule has 8 nitrogen and oxygen atoms in total. The third kappa shape index (κ3) is 2.98. The fraction of sp³-hybridized carbons (Fsp3) is 0.600. The van der Waals surface area contributed by atoms with Gasteiger partial charge in [-0.3, -0.25) is 9.59 Å². The van der Waals surface area contributed by atoms with Crippen LogP contribution in [0.15, 0.2) is 10.6 Å². The zero-order chi connectivity index (χ0) is 17.3. The minimum atomic E-state index is -1.21. The highest BCUT2D eigenvalue weighted by atomic mass is 35.5. The highest BCUT2D eigenvalue weighted by Crippen LogP contribution is 2.39. The number of carboxylic acids is 1. The Hall–Kier alpha value is -2.09. The van der Waals surface area contributed by atoms with Crippen LogP contribution in [-0.4, -0.2) is 44.7 Å². The number of hydrogen-bond donors (Lipinski definition) is 2. The third-order valence-electron chi connectivity index (χ3n) is 4.68. The van der Waals surface area contributed by atoms with Gasteiger partial charge in [0.2, 0.25) is 11.8 Å². The van der Waals surface area contributed by atoms with Crippen LogP contribution in [0.5, 0.6) is 0 Å². The van der Waals surface area contributed by atoms with E-state index in [-0.39, 0.29) is 29.8 Å². The summed E-state index contributed by atoms with van der Waals surface area (Å²) in [6.07, 6.45) is 2.74. The van der Waals surface area contributed by atoms with Crippen LogP contribution in [0.25, 0.3) is 0 Å². The van der Waals surface area contributed by atoms with Crippen molar-refractivity contribution in [1.29, 1.82) is 0 Å². The first-order valence-corrected chi connectivity index (χ1v) is 8.26. The van der Waals surface area contributed by atoms with Gasteiger partial charge in [-0.25, -0.2) is 4.79 Å². The maximum atomic E-state index is 12.1. The van der Waals surface area contributed by atoms with Gasteiger partial charge in [0, 0.05) is 6.07 Å². The van der Waals surface area contributed by atoms with Crippen molar-refractivity contribution in [2.45, 2.75) is 56.7 Å². The standard InChI is InChI=1S/C15H18ClN3O5/c16-10-6-9(24-18-10)7-12(20)17-11-8-13(21)19(11)15(14(22)23)4-2-1-3-5-15/h6,11H,1-5,7-8H2,(H,17,20)(H,22,23). The maximum absolute atomic E-state index is 12.1. The van der Waals surface area contributed by atoms with Gasteiger partial charge < -0.3 is 19.8 Å². The SMILES string of the molecule is O=C(Cc1cc(Cl)no1)NC1CC(=O)N1C1(C(=O)O)CCCCC1. The number of nitrogens with one attached hydrogen (secondary N) is 1. The van der Waals surface area contributed by atoms with E-state index in [9.17, 15) is 19.5 Å². The molecule has 9 heteroatoms. The van der Waals surface area contributed by atoms with Gasteiger partial charge in [0.05, 0.1) is 12.8 Å². The average molecular weight is 356 g/mol. The molecule has 0 radical (unpaired) electrons. The molecule has 130 valence electrons. The van der Waals surface area contributed by atoms with Gasteiger partial charge in [0.1, 0.15) is 17.5 Å². The summed E-state index contributed by atoms with van der Waals surface area (Å²) in [7, 11) is 0. The van der Waals surface area contributed by atoms with E-state index in [1.807, 2.05) is 0 Å². The molecule has 2 N–H and O–H groups in total. The predicted molar refractivity (Wildman–Crippen MR) is 82.1 cm³/mol. The number of aromatic nitrogens is 1. The second-order valence-corrected chi connectivity index (χ2v) is 6.63. The number of likely N-dealkylation sites (tertiary alicyclic amines) is 1. The molecule has 1 saturated heterocycles. The van der Waals surface area contributed by atoms with Crippen molar-refractivity contribution in [3.05, 3.63) is 17.0 Å². The van der Waals surface area contributed by atoms with Crippen LogP contribution < -0.4 is 5.32 Å². The molecule has 0 spiro atoms. The Bertz CT molecular complexity index is 668. The Morgan fingerprint density at radius 1 is 1.42 bits per heavy atom. The van der Waals surface area contributed by atoms with Crippen LogP contribution in [0.3, 0.4) is 0 Å². The number of hydrogen-bond acceptors (Lipinski definition) is 5. The largest absolute Gasteiger partial charge is 0.479 e. The predicted octanol–water partition coefficient (Wildman–Crippen LogP) is 1.33. The van der Waals surface area contributed by atoms with Crippen LogP contribution in [0, 0.1) is 0 Å². The monoisotopic (exact) mass is 355 g/mol. The zero-order valence-corrected chi connectivity index (χ0v) is 13.7. The van der Waals surface area contributed by atoms with E-state index in [0.717, 1.165) is 19.3 Å². The van der Waals surface area contributed by atoms with Crippen LogP contribution in [0.4, 0.5) is 0 Å². The number of amides is 2.